The Hall–Kier alpha value is -2.97. The predicted molar refractivity (Wildman–Crippen MR) is 118 cm³/mol. The zero-order valence-electron chi connectivity index (χ0n) is 17.5. The Morgan fingerprint density at radius 2 is 1.71 bits per heavy atom. The van der Waals surface area contributed by atoms with Gasteiger partial charge in [-0.2, -0.15) is 4.31 Å². The third-order valence-electron chi connectivity index (χ3n) is 5.54. The average molecular weight is 440 g/mol. The number of nitrogens with zero attached hydrogens (tertiary/aromatic N) is 2. The molecular formula is C23H25N3O4S. The summed E-state index contributed by atoms with van der Waals surface area (Å²) in [6.45, 7) is 5.19. The molecule has 1 aromatic heterocycles. The van der Waals surface area contributed by atoms with Crippen molar-refractivity contribution >= 4 is 21.8 Å². The Bertz CT molecular complexity index is 1160. The third-order valence-corrected chi connectivity index (χ3v) is 7.45. The van der Waals surface area contributed by atoms with Gasteiger partial charge in [-0.15, -0.1) is 0 Å². The highest BCUT2D eigenvalue weighted by Gasteiger charge is 2.28. The van der Waals surface area contributed by atoms with E-state index < -0.39 is 15.9 Å². The van der Waals surface area contributed by atoms with Crippen LogP contribution in [0.25, 0.3) is 11.5 Å². The minimum atomic E-state index is -3.54. The highest BCUT2D eigenvalue weighted by atomic mass is 32.2. The molecule has 0 radical (unpaired) electrons. The fraction of sp³-hybridized carbons (Fsp3) is 0.304. The van der Waals surface area contributed by atoms with Gasteiger partial charge in [-0.05, 0) is 62.1 Å². The van der Waals surface area contributed by atoms with E-state index in [1.54, 1.807) is 0 Å². The first-order valence-electron chi connectivity index (χ1n) is 10.3. The van der Waals surface area contributed by atoms with Crippen molar-refractivity contribution in [2.24, 2.45) is 5.92 Å². The highest BCUT2D eigenvalue weighted by Crippen LogP contribution is 2.25. The maximum absolute atomic E-state index is 12.8. The van der Waals surface area contributed by atoms with Crippen LogP contribution in [0.4, 0.5) is 5.88 Å². The molecule has 4 rings (SSSR count). The Morgan fingerprint density at radius 3 is 2.35 bits per heavy atom. The van der Waals surface area contributed by atoms with Crippen LogP contribution in [0.1, 0.15) is 35.7 Å². The number of nitrogens with one attached hydrogen (secondary N) is 1. The normalized spacial score (nSPS) is 15.7. The van der Waals surface area contributed by atoms with Crippen LogP contribution < -0.4 is 5.32 Å². The average Bonchev–Trinajstić information content (AvgIpc) is 3.23. The zero-order valence-corrected chi connectivity index (χ0v) is 18.4. The second-order valence-corrected chi connectivity index (χ2v) is 9.90. The summed E-state index contributed by atoms with van der Waals surface area (Å²) >= 11 is 0. The molecule has 1 amide bonds. The number of sulfonamides is 1. The van der Waals surface area contributed by atoms with Crippen molar-refractivity contribution in [1.82, 2.24) is 9.29 Å². The molecule has 2 heterocycles. The summed E-state index contributed by atoms with van der Waals surface area (Å²) in [4.78, 5) is 16.9. The number of benzene rings is 2. The Labute approximate surface area is 182 Å². The van der Waals surface area contributed by atoms with Crippen LogP contribution in [0.3, 0.4) is 0 Å². The van der Waals surface area contributed by atoms with E-state index >= 15 is 0 Å². The fourth-order valence-corrected chi connectivity index (χ4v) is 4.97. The molecule has 1 aliphatic rings. The smallest absolute Gasteiger partial charge is 0.258 e. The molecule has 2 aromatic carbocycles. The van der Waals surface area contributed by atoms with E-state index in [4.69, 9.17) is 4.42 Å². The first-order valence-corrected chi connectivity index (χ1v) is 11.7. The molecule has 0 bridgehead atoms. The van der Waals surface area contributed by atoms with Crippen LogP contribution >= 0.6 is 0 Å². The van der Waals surface area contributed by atoms with Crippen molar-refractivity contribution in [2.75, 3.05) is 18.4 Å². The van der Waals surface area contributed by atoms with E-state index in [1.807, 2.05) is 31.2 Å². The van der Waals surface area contributed by atoms with Gasteiger partial charge in [0.2, 0.25) is 21.8 Å². The summed E-state index contributed by atoms with van der Waals surface area (Å²) in [6.07, 6.45) is 3.17. The SMILES string of the molecule is Cc1ccc(-c2ncc(NC(=O)c3ccc(S(=O)(=O)N4CCC(C)CC4)cc3)o2)cc1. The van der Waals surface area contributed by atoms with Crippen molar-refractivity contribution in [1.29, 1.82) is 0 Å². The molecule has 7 nitrogen and oxygen atoms in total. The molecule has 0 spiro atoms. The van der Waals surface area contributed by atoms with Gasteiger partial charge in [-0.1, -0.05) is 24.6 Å². The molecule has 3 aromatic rings. The number of aryl methyl sites for hydroxylation is 1. The van der Waals surface area contributed by atoms with Crippen LogP contribution in [0.5, 0.6) is 0 Å². The zero-order chi connectivity index (χ0) is 22.0. The molecule has 8 heteroatoms. The molecule has 0 unspecified atom stereocenters. The lowest BCUT2D eigenvalue weighted by molar-refractivity contribution is 0.102. The number of aromatic nitrogens is 1. The Morgan fingerprint density at radius 1 is 1.06 bits per heavy atom. The van der Waals surface area contributed by atoms with Crippen LogP contribution in [0, 0.1) is 12.8 Å². The number of oxazole rings is 1. The van der Waals surface area contributed by atoms with Gasteiger partial charge in [-0.3, -0.25) is 10.1 Å². The number of carbonyl (C=O) groups is 1. The van der Waals surface area contributed by atoms with Crippen molar-refractivity contribution in [3.05, 3.63) is 65.9 Å². The standard InChI is InChI=1S/C23H25N3O4S/c1-16-3-5-19(6-4-16)23-24-15-21(30-23)25-22(27)18-7-9-20(10-8-18)31(28,29)26-13-11-17(2)12-14-26/h3-10,15,17H,11-14H2,1-2H3,(H,25,27). The first-order chi connectivity index (χ1) is 14.8. The molecule has 31 heavy (non-hydrogen) atoms. The quantitative estimate of drug-likeness (QED) is 0.639. The molecule has 1 N–H and O–H groups in total. The number of hydrogen-bond acceptors (Lipinski definition) is 5. The van der Waals surface area contributed by atoms with E-state index in [0.29, 0.717) is 30.5 Å². The molecule has 1 fully saturated rings. The number of rotatable bonds is 5. The maximum atomic E-state index is 12.8. The number of hydrogen-bond donors (Lipinski definition) is 1. The Balaban J connectivity index is 1.43. The molecule has 0 saturated carbocycles. The minimum Gasteiger partial charge on any atom is -0.420 e. The predicted octanol–water partition coefficient (Wildman–Crippen LogP) is 4.32. The van der Waals surface area contributed by atoms with Crippen molar-refractivity contribution in [3.8, 4) is 11.5 Å². The van der Waals surface area contributed by atoms with Crippen LogP contribution in [-0.4, -0.2) is 36.7 Å². The second-order valence-electron chi connectivity index (χ2n) is 7.96. The van der Waals surface area contributed by atoms with Crippen molar-refractivity contribution in [2.45, 2.75) is 31.6 Å². The third kappa shape index (κ3) is 4.70. The molecule has 0 atom stereocenters. The lowest BCUT2D eigenvalue weighted by atomic mass is 10.0. The van der Waals surface area contributed by atoms with Gasteiger partial charge in [0.1, 0.15) is 0 Å². The molecule has 1 saturated heterocycles. The number of anilines is 1. The van der Waals surface area contributed by atoms with E-state index in [2.05, 4.69) is 17.2 Å². The summed E-state index contributed by atoms with van der Waals surface area (Å²) in [5.74, 6) is 0.773. The second kappa shape index (κ2) is 8.64. The summed E-state index contributed by atoms with van der Waals surface area (Å²) in [6, 6.07) is 13.7. The number of piperidine rings is 1. The largest absolute Gasteiger partial charge is 0.420 e. The van der Waals surface area contributed by atoms with Gasteiger partial charge in [0.15, 0.2) is 0 Å². The fourth-order valence-electron chi connectivity index (χ4n) is 3.50. The van der Waals surface area contributed by atoms with Crippen LogP contribution in [0.2, 0.25) is 0 Å². The monoisotopic (exact) mass is 439 g/mol. The number of carbonyl (C=O) groups excluding carboxylic acids is 1. The van der Waals surface area contributed by atoms with E-state index in [1.165, 1.54) is 34.8 Å². The van der Waals surface area contributed by atoms with Crippen LogP contribution in [0.15, 0.2) is 64.0 Å². The number of amides is 1. The maximum Gasteiger partial charge on any atom is 0.258 e. The molecule has 0 aliphatic carbocycles. The van der Waals surface area contributed by atoms with Gasteiger partial charge in [0.05, 0.1) is 11.1 Å². The minimum absolute atomic E-state index is 0.194. The van der Waals surface area contributed by atoms with E-state index in [0.717, 1.165) is 24.0 Å². The summed E-state index contributed by atoms with van der Waals surface area (Å²) in [5.41, 5.74) is 2.27. The summed E-state index contributed by atoms with van der Waals surface area (Å²) in [5, 5.41) is 2.66. The lowest BCUT2D eigenvalue weighted by Gasteiger charge is -2.29. The van der Waals surface area contributed by atoms with Gasteiger partial charge in [0.25, 0.3) is 5.91 Å². The molecule has 162 valence electrons. The van der Waals surface area contributed by atoms with Crippen molar-refractivity contribution < 1.29 is 17.6 Å². The lowest BCUT2D eigenvalue weighted by Crippen LogP contribution is -2.37. The topological polar surface area (TPSA) is 92.5 Å². The van der Waals surface area contributed by atoms with Gasteiger partial charge in [-0.25, -0.2) is 13.4 Å². The summed E-state index contributed by atoms with van der Waals surface area (Å²) < 4.78 is 32.8. The van der Waals surface area contributed by atoms with Gasteiger partial charge in [0, 0.05) is 24.2 Å². The highest BCUT2D eigenvalue weighted by molar-refractivity contribution is 7.89. The van der Waals surface area contributed by atoms with Gasteiger partial charge >= 0.3 is 0 Å². The molecule has 1 aliphatic heterocycles. The Kier molecular flexibility index (Phi) is 5.93. The van der Waals surface area contributed by atoms with Gasteiger partial charge < -0.3 is 4.42 Å². The summed E-state index contributed by atoms with van der Waals surface area (Å²) in [7, 11) is -3.54. The van der Waals surface area contributed by atoms with Crippen molar-refractivity contribution in [3.63, 3.8) is 0 Å². The molecular weight excluding hydrogens is 414 g/mol. The first kappa shape index (κ1) is 21.3. The van der Waals surface area contributed by atoms with E-state index in [-0.39, 0.29) is 10.8 Å². The van der Waals surface area contributed by atoms with Crippen LogP contribution in [-0.2, 0) is 10.0 Å². The van der Waals surface area contributed by atoms with E-state index in [9.17, 15) is 13.2 Å².